The fraction of sp³-hybridized carbons (Fsp3) is 0.889. The van der Waals surface area contributed by atoms with Gasteiger partial charge in [-0.1, -0.05) is 19.6 Å². The fourth-order valence-corrected chi connectivity index (χ4v) is 5.01. The lowest BCUT2D eigenvalue weighted by molar-refractivity contribution is -0.143. The van der Waals surface area contributed by atoms with Gasteiger partial charge < -0.3 is 9.84 Å². The summed E-state index contributed by atoms with van der Waals surface area (Å²) in [6.45, 7) is 8.48. The molecule has 1 saturated heterocycles. The van der Waals surface area contributed by atoms with E-state index in [0.29, 0.717) is 13.0 Å². The number of carbonyl (C=O) groups is 1. The van der Waals surface area contributed by atoms with E-state index in [1.165, 1.54) is 0 Å². The van der Waals surface area contributed by atoms with Crippen LogP contribution in [0.15, 0.2) is 0 Å². The lowest BCUT2D eigenvalue weighted by atomic mass is 10.0. The first kappa shape index (κ1) is 10.7. The summed E-state index contributed by atoms with van der Waals surface area (Å²) < 4.78 is 4.99. The van der Waals surface area contributed by atoms with E-state index >= 15 is 0 Å². The van der Waals surface area contributed by atoms with Crippen molar-refractivity contribution in [2.45, 2.75) is 44.1 Å². The highest BCUT2D eigenvalue weighted by atomic mass is 28.3. The minimum Gasteiger partial charge on any atom is -0.465 e. The second-order valence-corrected chi connectivity index (χ2v) is 10.2. The maximum absolute atomic E-state index is 11.6. The fourth-order valence-electron chi connectivity index (χ4n) is 2.22. The number of esters is 1. The summed E-state index contributed by atoms with van der Waals surface area (Å²) in [7, 11) is -1.73. The van der Waals surface area contributed by atoms with Crippen LogP contribution in [-0.4, -0.2) is 31.9 Å². The molecule has 1 aliphatic heterocycles. The standard InChI is InChI=1S/C9H18O3Si/c1-7(10)9(13(2,3)4)5-6-12-8(9)11/h7,10H,5-6H2,1-4H3/t7-,9+/m1/s1. The summed E-state index contributed by atoms with van der Waals surface area (Å²) in [6.07, 6.45) is 0.0910. The lowest BCUT2D eigenvalue weighted by Crippen LogP contribution is -2.49. The quantitative estimate of drug-likeness (QED) is 0.544. The zero-order valence-electron chi connectivity index (χ0n) is 8.76. The highest BCUT2D eigenvalue weighted by molar-refractivity contribution is 6.82. The van der Waals surface area contributed by atoms with Gasteiger partial charge in [-0.15, -0.1) is 0 Å². The van der Waals surface area contributed by atoms with Crippen LogP contribution in [0.5, 0.6) is 0 Å². The third-order valence-electron chi connectivity index (χ3n) is 3.15. The maximum atomic E-state index is 11.6. The molecule has 0 aromatic heterocycles. The smallest absolute Gasteiger partial charge is 0.311 e. The summed E-state index contributed by atoms with van der Waals surface area (Å²) in [6, 6.07) is 0. The number of hydrogen-bond acceptors (Lipinski definition) is 3. The van der Waals surface area contributed by atoms with E-state index in [1.54, 1.807) is 6.92 Å². The molecule has 1 heterocycles. The zero-order valence-corrected chi connectivity index (χ0v) is 9.76. The molecule has 0 aliphatic carbocycles. The molecule has 0 saturated carbocycles. The molecule has 0 radical (unpaired) electrons. The van der Waals surface area contributed by atoms with E-state index in [9.17, 15) is 9.90 Å². The van der Waals surface area contributed by atoms with Gasteiger partial charge in [-0.25, -0.2) is 0 Å². The minimum atomic E-state index is -1.73. The SMILES string of the molecule is C[C@@H](O)[C@@]1([Si](C)(C)C)CCOC1=O. The van der Waals surface area contributed by atoms with E-state index in [4.69, 9.17) is 4.74 Å². The van der Waals surface area contributed by atoms with E-state index < -0.39 is 19.2 Å². The zero-order chi connectivity index (χ0) is 10.3. The Balaban J connectivity index is 3.08. The van der Waals surface area contributed by atoms with Crippen LogP contribution in [0.1, 0.15) is 13.3 Å². The average molecular weight is 202 g/mol. The van der Waals surface area contributed by atoms with Crippen molar-refractivity contribution >= 4 is 14.0 Å². The van der Waals surface area contributed by atoms with Gasteiger partial charge in [-0.3, -0.25) is 4.79 Å². The Morgan fingerprint density at radius 2 is 2.08 bits per heavy atom. The van der Waals surface area contributed by atoms with E-state index in [1.807, 2.05) is 0 Å². The molecule has 3 nitrogen and oxygen atoms in total. The van der Waals surface area contributed by atoms with Gasteiger partial charge in [0, 0.05) is 0 Å². The largest absolute Gasteiger partial charge is 0.465 e. The lowest BCUT2D eigenvalue weighted by Gasteiger charge is -2.38. The highest BCUT2D eigenvalue weighted by Gasteiger charge is 2.57. The van der Waals surface area contributed by atoms with Gasteiger partial charge in [0.25, 0.3) is 0 Å². The first-order valence-corrected chi connectivity index (χ1v) is 8.17. The molecule has 1 N–H and O–H groups in total. The Hall–Kier alpha value is -0.353. The number of cyclic esters (lactones) is 1. The third-order valence-corrected chi connectivity index (χ3v) is 6.69. The van der Waals surface area contributed by atoms with Crippen molar-refractivity contribution in [2.75, 3.05) is 6.61 Å². The van der Waals surface area contributed by atoms with Crippen molar-refractivity contribution in [2.24, 2.45) is 0 Å². The second kappa shape index (κ2) is 3.10. The van der Waals surface area contributed by atoms with Gasteiger partial charge in [0.05, 0.1) is 25.8 Å². The van der Waals surface area contributed by atoms with Crippen molar-refractivity contribution in [1.29, 1.82) is 0 Å². The van der Waals surface area contributed by atoms with Crippen LogP contribution in [0.4, 0.5) is 0 Å². The van der Waals surface area contributed by atoms with Gasteiger partial charge in [0.1, 0.15) is 0 Å². The number of aliphatic hydroxyl groups excluding tert-OH is 1. The molecule has 1 aliphatic rings. The van der Waals surface area contributed by atoms with Gasteiger partial charge in [0.2, 0.25) is 0 Å². The molecular weight excluding hydrogens is 184 g/mol. The van der Waals surface area contributed by atoms with Gasteiger partial charge in [0.15, 0.2) is 0 Å². The number of carbonyl (C=O) groups excluding carboxylic acids is 1. The number of aliphatic hydroxyl groups is 1. The Morgan fingerprint density at radius 3 is 2.23 bits per heavy atom. The summed E-state index contributed by atoms with van der Waals surface area (Å²) >= 11 is 0. The third kappa shape index (κ3) is 1.42. The summed E-state index contributed by atoms with van der Waals surface area (Å²) in [5.41, 5.74) is 0. The average Bonchev–Trinajstić information content (AvgIpc) is 2.29. The molecule has 13 heavy (non-hydrogen) atoms. The summed E-state index contributed by atoms with van der Waals surface area (Å²) in [5.74, 6) is -0.193. The predicted molar refractivity (Wildman–Crippen MR) is 53.3 cm³/mol. The number of ether oxygens (including phenoxy) is 1. The molecule has 1 rings (SSSR count). The number of hydrogen-bond donors (Lipinski definition) is 1. The Labute approximate surface area is 80.1 Å². The van der Waals surface area contributed by atoms with Crippen LogP contribution < -0.4 is 0 Å². The van der Waals surface area contributed by atoms with Gasteiger partial charge >= 0.3 is 5.97 Å². The van der Waals surface area contributed by atoms with Gasteiger partial charge in [-0.2, -0.15) is 0 Å². The van der Waals surface area contributed by atoms with Crippen molar-refractivity contribution in [3.8, 4) is 0 Å². The topological polar surface area (TPSA) is 46.5 Å². The normalized spacial score (nSPS) is 31.6. The molecule has 0 unspecified atom stereocenters. The van der Waals surface area contributed by atoms with Crippen molar-refractivity contribution in [1.82, 2.24) is 0 Å². The second-order valence-electron chi connectivity index (χ2n) is 4.78. The molecule has 0 amide bonds. The molecule has 0 spiro atoms. The van der Waals surface area contributed by atoms with E-state index in [2.05, 4.69) is 19.6 Å². The minimum absolute atomic E-state index is 0.193. The Morgan fingerprint density at radius 1 is 1.54 bits per heavy atom. The molecule has 76 valence electrons. The van der Waals surface area contributed by atoms with Crippen molar-refractivity contribution < 1.29 is 14.6 Å². The predicted octanol–water partition coefficient (Wildman–Crippen LogP) is 1.39. The first-order valence-electron chi connectivity index (χ1n) is 4.67. The molecule has 0 aromatic carbocycles. The van der Waals surface area contributed by atoms with Crippen LogP contribution in [0, 0.1) is 0 Å². The number of rotatable bonds is 2. The van der Waals surface area contributed by atoms with Crippen LogP contribution in [0.2, 0.25) is 24.7 Å². The van der Waals surface area contributed by atoms with Crippen LogP contribution >= 0.6 is 0 Å². The molecule has 1 fully saturated rings. The van der Waals surface area contributed by atoms with Crippen LogP contribution in [0.25, 0.3) is 0 Å². The van der Waals surface area contributed by atoms with Crippen LogP contribution in [0.3, 0.4) is 0 Å². The molecule has 0 aromatic rings. The molecule has 0 bridgehead atoms. The monoisotopic (exact) mass is 202 g/mol. The first-order chi connectivity index (χ1) is 5.82. The highest BCUT2D eigenvalue weighted by Crippen LogP contribution is 2.49. The van der Waals surface area contributed by atoms with Gasteiger partial charge in [-0.05, 0) is 13.3 Å². The van der Waals surface area contributed by atoms with Crippen molar-refractivity contribution in [3.05, 3.63) is 0 Å². The Kier molecular flexibility index (Phi) is 2.56. The summed E-state index contributed by atoms with van der Waals surface area (Å²) in [4.78, 5) is 11.6. The van der Waals surface area contributed by atoms with Crippen molar-refractivity contribution in [3.63, 3.8) is 0 Å². The molecular formula is C9H18O3Si. The maximum Gasteiger partial charge on any atom is 0.311 e. The Bertz CT molecular complexity index is 219. The van der Waals surface area contributed by atoms with E-state index in [0.717, 1.165) is 0 Å². The van der Waals surface area contributed by atoms with Crippen LogP contribution in [-0.2, 0) is 9.53 Å². The molecule has 2 atom stereocenters. The summed E-state index contributed by atoms with van der Waals surface area (Å²) in [5, 5.41) is 9.17. The van der Waals surface area contributed by atoms with E-state index in [-0.39, 0.29) is 5.97 Å². The molecule has 4 heteroatoms.